The van der Waals surface area contributed by atoms with Crippen LogP contribution in [-0.2, 0) is 0 Å². The predicted molar refractivity (Wildman–Crippen MR) is 214 cm³/mol. The second-order valence-electron chi connectivity index (χ2n) is 14.1. The Morgan fingerprint density at radius 1 is 0.250 bits per heavy atom. The summed E-state index contributed by atoms with van der Waals surface area (Å²) >= 11 is 0. The maximum atomic E-state index is 2.30. The van der Waals surface area contributed by atoms with Gasteiger partial charge in [-0.1, -0.05) is 119 Å². The second kappa shape index (κ2) is 14.2. The van der Waals surface area contributed by atoms with Crippen molar-refractivity contribution in [3.63, 3.8) is 0 Å². The molecule has 0 bridgehead atoms. The number of fused-ring (bicyclic) bond motifs is 3. The number of hydrogen-bond acceptors (Lipinski definition) is 0. The fourth-order valence-electron chi connectivity index (χ4n) is 6.92. The largest absolute Gasteiger partial charge is 0.0587 e. The average Bonchev–Trinajstić information content (AvgIpc) is 3.05. The highest BCUT2D eigenvalue weighted by Crippen LogP contribution is 2.33. The summed E-state index contributed by atoms with van der Waals surface area (Å²) in [6.45, 7) is 26.2. The highest BCUT2D eigenvalue weighted by atomic mass is 14.1. The highest BCUT2D eigenvalue weighted by Gasteiger charge is 2.09. The molecule has 7 rings (SSSR count). The zero-order chi connectivity index (χ0) is 34.9. The number of benzene rings is 7. The van der Waals surface area contributed by atoms with Crippen molar-refractivity contribution in [3.05, 3.63) is 164 Å². The predicted octanol–water partition coefficient (Wildman–Crippen LogP) is 13.9. The van der Waals surface area contributed by atoms with Gasteiger partial charge in [-0.2, -0.15) is 0 Å². The number of hydrogen-bond donors (Lipinski definition) is 0. The van der Waals surface area contributed by atoms with Gasteiger partial charge in [0.1, 0.15) is 0 Å². The fourth-order valence-corrected chi connectivity index (χ4v) is 6.92. The van der Waals surface area contributed by atoms with Crippen LogP contribution in [0.5, 0.6) is 0 Å². The van der Waals surface area contributed by atoms with Crippen molar-refractivity contribution in [3.8, 4) is 11.1 Å². The molecule has 7 aromatic rings. The molecular formula is C48H52. The zero-order valence-electron chi connectivity index (χ0n) is 31.2. The van der Waals surface area contributed by atoms with Gasteiger partial charge in [0, 0.05) is 0 Å². The molecule has 0 saturated carbocycles. The molecule has 7 aromatic carbocycles. The van der Waals surface area contributed by atoms with E-state index in [-0.39, 0.29) is 0 Å². The van der Waals surface area contributed by atoms with E-state index in [1.807, 2.05) is 0 Å². The quantitative estimate of drug-likeness (QED) is 0.159. The van der Waals surface area contributed by atoms with Crippen molar-refractivity contribution in [2.45, 2.75) is 83.1 Å². The van der Waals surface area contributed by atoms with E-state index in [2.05, 4.69) is 180 Å². The third-order valence-electron chi connectivity index (χ3n) is 10.2. The molecule has 0 heteroatoms. The lowest BCUT2D eigenvalue weighted by Crippen LogP contribution is -1.89. The van der Waals surface area contributed by atoms with E-state index < -0.39 is 0 Å². The topological polar surface area (TPSA) is 0 Å². The van der Waals surface area contributed by atoms with Crippen LogP contribution >= 0.6 is 0 Å². The van der Waals surface area contributed by atoms with Gasteiger partial charge in [-0.3, -0.25) is 0 Å². The molecule has 0 amide bonds. The molecule has 0 nitrogen and oxygen atoms in total. The Morgan fingerprint density at radius 2 is 0.646 bits per heavy atom. The first-order chi connectivity index (χ1) is 22.7. The van der Waals surface area contributed by atoms with Crippen molar-refractivity contribution < 1.29 is 0 Å². The van der Waals surface area contributed by atoms with E-state index in [1.54, 1.807) is 0 Å². The second-order valence-corrected chi connectivity index (χ2v) is 14.1. The van der Waals surface area contributed by atoms with E-state index in [9.17, 15) is 0 Å². The average molecular weight is 629 g/mol. The van der Waals surface area contributed by atoms with Gasteiger partial charge in [0.15, 0.2) is 0 Å². The van der Waals surface area contributed by atoms with Crippen LogP contribution in [0, 0.1) is 83.1 Å². The van der Waals surface area contributed by atoms with Crippen molar-refractivity contribution in [1.82, 2.24) is 0 Å². The van der Waals surface area contributed by atoms with Crippen molar-refractivity contribution in [2.75, 3.05) is 0 Å². The minimum atomic E-state index is 1.31. The highest BCUT2D eigenvalue weighted by molar-refractivity contribution is 6.05. The standard InChI is InChI=1S/C18H18.C16H18.C14H16/c1-11-5-7-15-14(4)18-10-12(2)6-8-16(18)13(3)17(15)9-11;1-11-5-7-15(8-6-11)16-10-13(3)12(2)9-14(16)4;1-9-5-6-13-12(4)10(2)8-11(3)14(13)7-9/h5-10H,1-4H3;5-10H,1-4H3;5-8H,1-4H3. The SMILES string of the molecule is Cc1ccc(-c2cc(C)c(C)cc2C)cc1.Cc1ccc2c(C)c(C)cc(C)c2c1.Cc1ccc2c(C)c3cc(C)ccc3c(C)c2c1. The molecule has 48 heavy (non-hydrogen) atoms. The summed E-state index contributed by atoms with van der Waals surface area (Å²) in [5.74, 6) is 0. The minimum Gasteiger partial charge on any atom is -0.0587 e. The van der Waals surface area contributed by atoms with Crippen LogP contribution in [0.2, 0.25) is 0 Å². The van der Waals surface area contributed by atoms with Gasteiger partial charge >= 0.3 is 0 Å². The van der Waals surface area contributed by atoms with Crippen LogP contribution < -0.4 is 0 Å². The van der Waals surface area contributed by atoms with Gasteiger partial charge in [0.25, 0.3) is 0 Å². The van der Waals surface area contributed by atoms with Crippen molar-refractivity contribution in [2.24, 2.45) is 0 Å². The molecule has 0 spiro atoms. The van der Waals surface area contributed by atoms with Crippen LogP contribution in [0.25, 0.3) is 43.4 Å². The van der Waals surface area contributed by atoms with Gasteiger partial charge in [-0.15, -0.1) is 0 Å². The molecule has 0 fully saturated rings. The van der Waals surface area contributed by atoms with E-state index in [0.717, 1.165) is 0 Å². The molecule has 244 valence electrons. The first-order valence-corrected chi connectivity index (χ1v) is 17.3. The first-order valence-electron chi connectivity index (χ1n) is 17.3. The van der Waals surface area contributed by atoms with E-state index in [0.29, 0.717) is 0 Å². The summed E-state index contributed by atoms with van der Waals surface area (Å²) in [7, 11) is 0. The number of rotatable bonds is 1. The normalized spacial score (nSPS) is 10.9. The van der Waals surface area contributed by atoms with Crippen LogP contribution in [0.4, 0.5) is 0 Å². The smallest absolute Gasteiger partial charge is 0.0143 e. The van der Waals surface area contributed by atoms with E-state index in [1.165, 1.54) is 110 Å². The Morgan fingerprint density at radius 3 is 1.15 bits per heavy atom. The molecule has 0 aliphatic heterocycles. The molecule has 0 aliphatic carbocycles. The molecular weight excluding hydrogens is 577 g/mol. The molecule has 0 aliphatic rings. The molecule has 0 aromatic heterocycles. The molecule has 0 N–H and O–H groups in total. The summed E-state index contributed by atoms with van der Waals surface area (Å²) in [6, 6.07) is 35.8. The fraction of sp³-hybridized carbons (Fsp3) is 0.250. The maximum absolute atomic E-state index is 2.30. The third-order valence-corrected chi connectivity index (χ3v) is 10.2. The summed E-state index contributed by atoms with van der Waals surface area (Å²) in [4.78, 5) is 0. The lowest BCUT2D eigenvalue weighted by Gasteiger charge is -2.13. The third kappa shape index (κ3) is 7.24. The van der Waals surface area contributed by atoms with Crippen LogP contribution in [0.3, 0.4) is 0 Å². The van der Waals surface area contributed by atoms with Crippen LogP contribution in [0.15, 0.2) is 97.1 Å². The van der Waals surface area contributed by atoms with Gasteiger partial charge in [0.2, 0.25) is 0 Å². The molecule has 0 radical (unpaired) electrons. The summed E-state index contributed by atoms with van der Waals surface area (Å²) in [5.41, 5.74) is 19.0. The maximum Gasteiger partial charge on any atom is -0.0143 e. The summed E-state index contributed by atoms with van der Waals surface area (Å²) in [5, 5.41) is 8.35. The Kier molecular flexibility index (Phi) is 10.3. The monoisotopic (exact) mass is 628 g/mol. The Hall–Kier alpha value is -4.68. The first kappa shape index (κ1) is 34.6. The van der Waals surface area contributed by atoms with Crippen molar-refractivity contribution in [1.29, 1.82) is 0 Å². The van der Waals surface area contributed by atoms with E-state index >= 15 is 0 Å². The van der Waals surface area contributed by atoms with Crippen LogP contribution in [-0.4, -0.2) is 0 Å². The van der Waals surface area contributed by atoms with Gasteiger partial charge in [-0.05, 0) is 171 Å². The lowest BCUT2D eigenvalue weighted by molar-refractivity contribution is 1.30. The minimum absolute atomic E-state index is 1.31. The van der Waals surface area contributed by atoms with Gasteiger partial charge in [0.05, 0.1) is 0 Å². The molecule has 0 saturated heterocycles. The van der Waals surface area contributed by atoms with Crippen LogP contribution in [0.1, 0.15) is 66.8 Å². The molecule has 0 atom stereocenters. The Labute approximate surface area is 289 Å². The molecule has 0 heterocycles. The summed E-state index contributed by atoms with van der Waals surface area (Å²) in [6.07, 6.45) is 0. The zero-order valence-corrected chi connectivity index (χ0v) is 31.2. The molecule has 0 unspecified atom stereocenters. The summed E-state index contributed by atoms with van der Waals surface area (Å²) < 4.78 is 0. The van der Waals surface area contributed by atoms with Gasteiger partial charge in [-0.25, -0.2) is 0 Å². The van der Waals surface area contributed by atoms with Crippen molar-refractivity contribution >= 4 is 32.3 Å². The van der Waals surface area contributed by atoms with Gasteiger partial charge < -0.3 is 0 Å². The lowest BCUT2D eigenvalue weighted by atomic mass is 9.91. The van der Waals surface area contributed by atoms with E-state index in [4.69, 9.17) is 0 Å². The Balaban J connectivity index is 0.000000142. The Bertz CT molecular complexity index is 2210. The number of aryl methyl sites for hydroxylation is 12.